The SMILES string of the molecule is Cc1cccc(CCC(N)c2cnccn2)c1. The maximum absolute atomic E-state index is 6.08. The molecule has 0 saturated carbocycles. The number of hydrogen-bond acceptors (Lipinski definition) is 3. The number of aryl methyl sites for hydroxylation is 2. The number of nitrogens with two attached hydrogens (primary N) is 1. The predicted octanol–water partition coefficient (Wildman–Crippen LogP) is 2.42. The fourth-order valence-electron chi connectivity index (χ4n) is 1.84. The molecule has 0 aliphatic rings. The molecule has 88 valence electrons. The van der Waals surface area contributed by atoms with Crippen molar-refractivity contribution in [3.63, 3.8) is 0 Å². The summed E-state index contributed by atoms with van der Waals surface area (Å²) < 4.78 is 0. The lowest BCUT2D eigenvalue weighted by molar-refractivity contribution is 0.630. The van der Waals surface area contributed by atoms with Crippen LogP contribution in [0.2, 0.25) is 0 Å². The van der Waals surface area contributed by atoms with Gasteiger partial charge in [0.05, 0.1) is 5.69 Å². The zero-order valence-corrected chi connectivity index (χ0v) is 10.0. The molecule has 1 atom stereocenters. The highest BCUT2D eigenvalue weighted by Gasteiger charge is 2.07. The van der Waals surface area contributed by atoms with Crippen LogP contribution in [-0.2, 0) is 6.42 Å². The van der Waals surface area contributed by atoms with Crippen LogP contribution in [-0.4, -0.2) is 9.97 Å². The van der Waals surface area contributed by atoms with E-state index in [9.17, 15) is 0 Å². The minimum atomic E-state index is -0.0378. The molecule has 0 bridgehead atoms. The Bertz CT molecular complexity index is 468. The molecule has 2 rings (SSSR count). The molecule has 2 N–H and O–H groups in total. The topological polar surface area (TPSA) is 51.8 Å². The lowest BCUT2D eigenvalue weighted by Gasteiger charge is -2.10. The zero-order valence-electron chi connectivity index (χ0n) is 10.0. The van der Waals surface area contributed by atoms with Crippen LogP contribution in [0.15, 0.2) is 42.9 Å². The summed E-state index contributed by atoms with van der Waals surface area (Å²) in [5.74, 6) is 0. The van der Waals surface area contributed by atoms with Crippen molar-refractivity contribution in [3.8, 4) is 0 Å². The highest BCUT2D eigenvalue weighted by Crippen LogP contribution is 2.14. The number of rotatable bonds is 4. The van der Waals surface area contributed by atoms with Crippen molar-refractivity contribution in [2.45, 2.75) is 25.8 Å². The Balaban J connectivity index is 1.95. The van der Waals surface area contributed by atoms with Gasteiger partial charge in [-0.25, -0.2) is 0 Å². The smallest absolute Gasteiger partial charge is 0.0753 e. The van der Waals surface area contributed by atoms with Crippen LogP contribution in [0.4, 0.5) is 0 Å². The first-order chi connectivity index (χ1) is 8.25. The molecule has 1 heterocycles. The quantitative estimate of drug-likeness (QED) is 0.872. The Morgan fingerprint density at radius 3 is 2.88 bits per heavy atom. The van der Waals surface area contributed by atoms with Gasteiger partial charge in [-0.05, 0) is 25.3 Å². The largest absolute Gasteiger partial charge is 0.323 e. The average Bonchev–Trinajstić information content (AvgIpc) is 2.37. The molecule has 0 spiro atoms. The Kier molecular flexibility index (Phi) is 3.83. The lowest BCUT2D eigenvalue weighted by Crippen LogP contribution is -2.13. The summed E-state index contributed by atoms with van der Waals surface area (Å²) in [4.78, 5) is 8.25. The molecule has 1 aromatic carbocycles. The van der Waals surface area contributed by atoms with Crippen LogP contribution < -0.4 is 5.73 Å². The van der Waals surface area contributed by atoms with E-state index in [2.05, 4.69) is 41.2 Å². The van der Waals surface area contributed by atoms with E-state index in [-0.39, 0.29) is 6.04 Å². The van der Waals surface area contributed by atoms with Gasteiger partial charge in [0.1, 0.15) is 0 Å². The van der Waals surface area contributed by atoms with E-state index in [4.69, 9.17) is 5.73 Å². The first-order valence-corrected chi connectivity index (χ1v) is 5.83. The van der Waals surface area contributed by atoms with Crippen LogP contribution in [0.1, 0.15) is 29.3 Å². The Labute approximate surface area is 102 Å². The maximum atomic E-state index is 6.08. The van der Waals surface area contributed by atoms with Gasteiger partial charge in [-0.1, -0.05) is 29.8 Å². The van der Waals surface area contributed by atoms with Gasteiger partial charge < -0.3 is 5.73 Å². The second-order valence-corrected chi connectivity index (χ2v) is 4.26. The van der Waals surface area contributed by atoms with E-state index in [0.29, 0.717) is 0 Å². The van der Waals surface area contributed by atoms with Gasteiger partial charge in [0.15, 0.2) is 0 Å². The molecule has 0 saturated heterocycles. The highest BCUT2D eigenvalue weighted by molar-refractivity contribution is 5.22. The summed E-state index contributed by atoms with van der Waals surface area (Å²) in [6, 6.07) is 8.48. The van der Waals surface area contributed by atoms with Crippen molar-refractivity contribution in [3.05, 3.63) is 59.7 Å². The third-order valence-electron chi connectivity index (χ3n) is 2.79. The predicted molar refractivity (Wildman–Crippen MR) is 68.5 cm³/mol. The standard InChI is InChI=1S/C14H17N3/c1-11-3-2-4-12(9-11)5-6-13(15)14-10-16-7-8-17-14/h2-4,7-10,13H,5-6,15H2,1H3. The first-order valence-electron chi connectivity index (χ1n) is 5.83. The average molecular weight is 227 g/mol. The van der Waals surface area contributed by atoms with Crippen molar-refractivity contribution in [2.75, 3.05) is 0 Å². The first kappa shape index (κ1) is 11.7. The van der Waals surface area contributed by atoms with Crippen LogP contribution in [0, 0.1) is 6.92 Å². The van der Waals surface area contributed by atoms with Crippen molar-refractivity contribution in [1.82, 2.24) is 9.97 Å². The van der Waals surface area contributed by atoms with Crippen molar-refractivity contribution in [2.24, 2.45) is 5.73 Å². The van der Waals surface area contributed by atoms with Crippen LogP contribution in [0.3, 0.4) is 0 Å². The second kappa shape index (κ2) is 5.55. The summed E-state index contributed by atoms with van der Waals surface area (Å²) in [6.07, 6.45) is 6.95. The fourth-order valence-corrected chi connectivity index (χ4v) is 1.84. The normalized spacial score (nSPS) is 12.4. The Hall–Kier alpha value is -1.74. The summed E-state index contributed by atoms with van der Waals surface area (Å²) in [6.45, 7) is 2.10. The summed E-state index contributed by atoms with van der Waals surface area (Å²) in [7, 11) is 0. The molecule has 3 heteroatoms. The highest BCUT2D eigenvalue weighted by atomic mass is 14.8. The minimum Gasteiger partial charge on any atom is -0.323 e. The van der Waals surface area contributed by atoms with Crippen LogP contribution >= 0.6 is 0 Å². The molecular formula is C14H17N3. The van der Waals surface area contributed by atoms with Crippen LogP contribution in [0.25, 0.3) is 0 Å². The van der Waals surface area contributed by atoms with Gasteiger partial charge in [-0.2, -0.15) is 0 Å². The monoisotopic (exact) mass is 227 g/mol. The third-order valence-corrected chi connectivity index (χ3v) is 2.79. The van der Waals surface area contributed by atoms with E-state index in [0.717, 1.165) is 18.5 Å². The zero-order chi connectivity index (χ0) is 12.1. The van der Waals surface area contributed by atoms with E-state index < -0.39 is 0 Å². The molecule has 2 aromatic rings. The molecule has 0 radical (unpaired) electrons. The molecular weight excluding hydrogens is 210 g/mol. The molecule has 1 unspecified atom stereocenters. The van der Waals surface area contributed by atoms with E-state index in [1.165, 1.54) is 11.1 Å². The molecule has 3 nitrogen and oxygen atoms in total. The molecule has 17 heavy (non-hydrogen) atoms. The number of hydrogen-bond donors (Lipinski definition) is 1. The Morgan fingerprint density at radius 1 is 1.29 bits per heavy atom. The summed E-state index contributed by atoms with van der Waals surface area (Å²) >= 11 is 0. The van der Waals surface area contributed by atoms with Crippen molar-refractivity contribution < 1.29 is 0 Å². The lowest BCUT2D eigenvalue weighted by atomic mass is 10.0. The second-order valence-electron chi connectivity index (χ2n) is 4.26. The van der Waals surface area contributed by atoms with Gasteiger partial charge >= 0.3 is 0 Å². The number of nitrogens with zero attached hydrogens (tertiary/aromatic N) is 2. The van der Waals surface area contributed by atoms with E-state index in [1.807, 2.05) is 0 Å². The number of benzene rings is 1. The summed E-state index contributed by atoms with van der Waals surface area (Å²) in [5.41, 5.74) is 9.55. The third kappa shape index (κ3) is 3.36. The molecule has 0 fully saturated rings. The minimum absolute atomic E-state index is 0.0378. The Morgan fingerprint density at radius 2 is 2.18 bits per heavy atom. The van der Waals surface area contributed by atoms with Gasteiger partial charge in [-0.15, -0.1) is 0 Å². The number of aromatic nitrogens is 2. The van der Waals surface area contributed by atoms with Gasteiger partial charge in [0, 0.05) is 24.6 Å². The molecule has 0 aliphatic carbocycles. The molecule has 0 aliphatic heterocycles. The molecule has 0 amide bonds. The van der Waals surface area contributed by atoms with Crippen molar-refractivity contribution in [1.29, 1.82) is 0 Å². The van der Waals surface area contributed by atoms with Crippen molar-refractivity contribution >= 4 is 0 Å². The van der Waals surface area contributed by atoms with E-state index in [1.54, 1.807) is 18.6 Å². The fraction of sp³-hybridized carbons (Fsp3) is 0.286. The van der Waals surface area contributed by atoms with Crippen LogP contribution in [0.5, 0.6) is 0 Å². The van der Waals surface area contributed by atoms with Gasteiger partial charge in [0.25, 0.3) is 0 Å². The van der Waals surface area contributed by atoms with Gasteiger partial charge in [-0.3, -0.25) is 9.97 Å². The van der Waals surface area contributed by atoms with Gasteiger partial charge in [0.2, 0.25) is 0 Å². The molecule has 1 aromatic heterocycles. The maximum Gasteiger partial charge on any atom is 0.0753 e. The summed E-state index contributed by atoms with van der Waals surface area (Å²) in [5, 5.41) is 0. The van der Waals surface area contributed by atoms with E-state index >= 15 is 0 Å².